The van der Waals surface area contributed by atoms with Crippen LogP contribution in [-0.2, 0) is 19.6 Å². The maximum Gasteiger partial charge on any atom is 0.233 e. The van der Waals surface area contributed by atoms with Crippen LogP contribution in [0.5, 0.6) is 11.5 Å². The standard InChI is InChI=1S/C24H34N2O6S/c1-5-31-19-13-18(20(32-6-2)12-17(19)25-22(28)15-7-8-15)26-33(29,30)14-24-10-9-16(11-21(24)27)23(24,3)4/h12-13,15-16,26H,5-11,14H2,1-4H3,(H,25,28). The van der Waals surface area contributed by atoms with Crippen LogP contribution in [-0.4, -0.2) is 39.1 Å². The predicted octanol–water partition coefficient (Wildman–Crippen LogP) is 3.97. The Kier molecular flexibility index (Phi) is 6.14. The summed E-state index contributed by atoms with van der Waals surface area (Å²) in [5.74, 6) is 0.625. The fraction of sp³-hybridized carbons (Fsp3) is 0.667. The van der Waals surface area contributed by atoms with Crippen LogP contribution < -0.4 is 19.5 Å². The first-order chi connectivity index (χ1) is 15.5. The van der Waals surface area contributed by atoms with E-state index in [9.17, 15) is 18.0 Å². The van der Waals surface area contributed by atoms with Gasteiger partial charge in [-0.2, -0.15) is 0 Å². The lowest BCUT2D eigenvalue weighted by molar-refractivity contribution is -0.128. The second kappa shape index (κ2) is 8.49. The summed E-state index contributed by atoms with van der Waals surface area (Å²) in [6.07, 6.45) is 3.66. The van der Waals surface area contributed by atoms with Crippen LogP contribution in [0.3, 0.4) is 0 Å². The molecule has 1 aromatic carbocycles. The Morgan fingerprint density at radius 1 is 1.06 bits per heavy atom. The van der Waals surface area contributed by atoms with Crippen LogP contribution >= 0.6 is 0 Å². The van der Waals surface area contributed by atoms with Gasteiger partial charge in [0.1, 0.15) is 17.3 Å². The second-order valence-corrected chi connectivity index (χ2v) is 11.7. The molecule has 0 saturated heterocycles. The number of sulfonamides is 1. The number of benzene rings is 1. The van der Waals surface area contributed by atoms with Crippen molar-refractivity contribution in [3.8, 4) is 11.5 Å². The third-order valence-corrected chi connectivity index (χ3v) is 9.13. The van der Waals surface area contributed by atoms with Gasteiger partial charge in [0.15, 0.2) is 0 Å². The van der Waals surface area contributed by atoms with E-state index < -0.39 is 15.4 Å². The number of ether oxygens (including phenoxy) is 2. The van der Waals surface area contributed by atoms with Crippen molar-refractivity contribution in [2.24, 2.45) is 22.7 Å². The van der Waals surface area contributed by atoms with Gasteiger partial charge >= 0.3 is 0 Å². The molecule has 0 heterocycles. The molecule has 182 valence electrons. The molecule has 0 aromatic heterocycles. The molecule has 3 aliphatic carbocycles. The molecule has 0 radical (unpaired) electrons. The van der Waals surface area contributed by atoms with E-state index in [1.54, 1.807) is 19.1 Å². The summed E-state index contributed by atoms with van der Waals surface area (Å²) in [5.41, 5.74) is -0.533. The third-order valence-electron chi connectivity index (χ3n) is 7.73. The van der Waals surface area contributed by atoms with Gasteiger partial charge in [-0.3, -0.25) is 14.3 Å². The van der Waals surface area contributed by atoms with E-state index in [1.165, 1.54) is 0 Å². The molecule has 33 heavy (non-hydrogen) atoms. The van der Waals surface area contributed by atoms with Crippen LogP contribution in [0.15, 0.2) is 12.1 Å². The SMILES string of the molecule is CCOc1cc(NS(=O)(=O)CC23CCC(CC2=O)C3(C)C)c(OCC)cc1NC(=O)C1CC1. The Morgan fingerprint density at radius 2 is 1.67 bits per heavy atom. The molecule has 3 fully saturated rings. The Hall–Kier alpha value is -2.29. The number of carbonyl (C=O) groups is 2. The van der Waals surface area contributed by atoms with Crippen LogP contribution in [0.2, 0.25) is 0 Å². The summed E-state index contributed by atoms with van der Waals surface area (Å²) in [5, 5.41) is 2.88. The number of amides is 1. The van der Waals surface area contributed by atoms with E-state index in [1.807, 2.05) is 20.8 Å². The Balaban J connectivity index is 1.63. The summed E-state index contributed by atoms with van der Waals surface area (Å²) >= 11 is 0. The molecule has 2 unspecified atom stereocenters. The number of carbonyl (C=O) groups excluding carboxylic acids is 2. The molecular weight excluding hydrogens is 444 g/mol. The van der Waals surface area contributed by atoms with Crippen molar-refractivity contribution in [2.75, 3.05) is 29.0 Å². The van der Waals surface area contributed by atoms with Gasteiger partial charge in [0.05, 0.1) is 35.8 Å². The molecule has 0 spiro atoms. The number of hydrogen-bond acceptors (Lipinski definition) is 6. The lowest BCUT2D eigenvalue weighted by Crippen LogP contribution is -2.43. The van der Waals surface area contributed by atoms with Gasteiger partial charge in [-0.05, 0) is 50.9 Å². The minimum absolute atomic E-state index is 0.00926. The number of rotatable bonds is 10. The molecule has 0 aliphatic heterocycles. The summed E-state index contributed by atoms with van der Waals surface area (Å²) < 4.78 is 40.7. The van der Waals surface area contributed by atoms with Crippen LogP contribution in [0.25, 0.3) is 0 Å². The number of hydrogen-bond donors (Lipinski definition) is 2. The van der Waals surface area contributed by atoms with E-state index in [0.717, 1.165) is 19.3 Å². The smallest absolute Gasteiger partial charge is 0.233 e. The maximum atomic E-state index is 13.3. The zero-order valence-electron chi connectivity index (χ0n) is 19.8. The molecule has 2 atom stereocenters. The largest absolute Gasteiger partial charge is 0.492 e. The van der Waals surface area contributed by atoms with Gasteiger partial charge in [0, 0.05) is 24.5 Å². The normalized spacial score (nSPS) is 25.7. The molecule has 1 aromatic rings. The number of fused-ring (bicyclic) bond motifs is 2. The van der Waals surface area contributed by atoms with Crippen LogP contribution in [0.4, 0.5) is 11.4 Å². The van der Waals surface area contributed by atoms with E-state index in [2.05, 4.69) is 10.0 Å². The maximum absolute atomic E-state index is 13.3. The van der Waals surface area contributed by atoms with Gasteiger partial charge in [0.25, 0.3) is 0 Å². The van der Waals surface area contributed by atoms with Crippen molar-refractivity contribution in [1.29, 1.82) is 0 Å². The lowest BCUT2D eigenvalue weighted by atomic mass is 9.70. The first-order valence-electron chi connectivity index (χ1n) is 11.8. The minimum Gasteiger partial charge on any atom is -0.492 e. The van der Waals surface area contributed by atoms with Crippen molar-refractivity contribution in [3.63, 3.8) is 0 Å². The van der Waals surface area contributed by atoms with Crippen molar-refractivity contribution in [2.45, 2.75) is 59.8 Å². The average molecular weight is 479 g/mol. The molecule has 3 aliphatic rings. The minimum atomic E-state index is -3.87. The van der Waals surface area contributed by atoms with Crippen molar-refractivity contribution in [1.82, 2.24) is 0 Å². The van der Waals surface area contributed by atoms with E-state index in [0.29, 0.717) is 43.2 Å². The second-order valence-electron chi connectivity index (χ2n) is 10.0. The van der Waals surface area contributed by atoms with E-state index in [-0.39, 0.29) is 40.4 Å². The fourth-order valence-electron chi connectivity index (χ4n) is 5.50. The van der Waals surface area contributed by atoms with Gasteiger partial charge in [0.2, 0.25) is 15.9 Å². The molecule has 3 saturated carbocycles. The van der Waals surface area contributed by atoms with Crippen molar-refractivity contribution < 1.29 is 27.5 Å². The van der Waals surface area contributed by atoms with Gasteiger partial charge in [-0.15, -0.1) is 0 Å². The van der Waals surface area contributed by atoms with E-state index in [4.69, 9.17) is 9.47 Å². The number of Topliss-reactive ketones (excluding diaryl/α,β-unsaturated/α-hetero) is 1. The molecule has 9 heteroatoms. The van der Waals surface area contributed by atoms with Gasteiger partial charge < -0.3 is 14.8 Å². The van der Waals surface area contributed by atoms with Crippen molar-refractivity contribution in [3.05, 3.63) is 12.1 Å². The van der Waals surface area contributed by atoms with Crippen molar-refractivity contribution >= 4 is 33.1 Å². The molecule has 4 rings (SSSR count). The summed E-state index contributed by atoms with van der Waals surface area (Å²) in [7, 11) is -3.87. The van der Waals surface area contributed by atoms with Gasteiger partial charge in [-0.1, -0.05) is 13.8 Å². The predicted molar refractivity (Wildman–Crippen MR) is 126 cm³/mol. The average Bonchev–Trinajstić information content (AvgIpc) is 3.52. The monoisotopic (exact) mass is 478 g/mol. The quantitative estimate of drug-likeness (QED) is 0.526. The summed E-state index contributed by atoms with van der Waals surface area (Å²) in [6.45, 7) is 8.31. The molecular formula is C24H34N2O6S. The summed E-state index contributed by atoms with van der Waals surface area (Å²) in [6, 6.07) is 3.15. The molecule has 1 amide bonds. The molecule has 2 bridgehead atoms. The number of nitrogens with one attached hydrogen (secondary N) is 2. The fourth-order valence-corrected chi connectivity index (χ4v) is 7.40. The Labute approximate surface area is 195 Å². The van der Waals surface area contributed by atoms with Gasteiger partial charge in [-0.25, -0.2) is 8.42 Å². The van der Waals surface area contributed by atoms with Crippen LogP contribution in [0, 0.1) is 22.7 Å². The molecule has 2 N–H and O–H groups in total. The number of anilines is 2. The highest BCUT2D eigenvalue weighted by molar-refractivity contribution is 7.92. The van der Waals surface area contributed by atoms with Crippen LogP contribution in [0.1, 0.15) is 59.8 Å². The highest BCUT2D eigenvalue weighted by Crippen LogP contribution is 2.64. The summed E-state index contributed by atoms with van der Waals surface area (Å²) in [4.78, 5) is 25.2. The lowest BCUT2D eigenvalue weighted by Gasteiger charge is -2.36. The highest BCUT2D eigenvalue weighted by Gasteiger charge is 2.65. The topological polar surface area (TPSA) is 111 Å². The highest BCUT2D eigenvalue weighted by atomic mass is 32.2. The third kappa shape index (κ3) is 4.32. The number of ketones is 1. The first kappa shape index (κ1) is 23.9. The van der Waals surface area contributed by atoms with E-state index >= 15 is 0 Å². The zero-order chi connectivity index (χ0) is 24.0. The Bertz CT molecular complexity index is 1060. The Morgan fingerprint density at radius 3 is 2.18 bits per heavy atom. The zero-order valence-corrected chi connectivity index (χ0v) is 20.6. The molecule has 8 nitrogen and oxygen atoms in total. The first-order valence-corrected chi connectivity index (χ1v) is 13.5.